The Labute approximate surface area is 142 Å². The van der Waals surface area contributed by atoms with E-state index in [1.165, 1.54) is 18.5 Å². The van der Waals surface area contributed by atoms with Gasteiger partial charge < -0.3 is 4.52 Å². The minimum Gasteiger partial charge on any atom is -0.360 e. The predicted octanol–water partition coefficient (Wildman–Crippen LogP) is 2.58. The molecule has 0 fully saturated rings. The third kappa shape index (κ3) is 3.28. The third-order valence-corrected chi connectivity index (χ3v) is 4.18. The number of aryl methyl sites for hydroxylation is 1. The smallest absolute Gasteiger partial charge is 0.280 e. The summed E-state index contributed by atoms with van der Waals surface area (Å²) < 4.78 is 19.8. The van der Waals surface area contributed by atoms with Gasteiger partial charge in [0.25, 0.3) is 5.91 Å². The molecule has 0 unspecified atom stereocenters. The fourth-order valence-corrected chi connectivity index (χ4v) is 2.93. The van der Waals surface area contributed by atoms with Gasteiger partial charge in [-0.2, -0.15) is 0 Å². The Balaban J connectivity index is 1.45. The number of benzene rings is 1. The standard InChI is InChI=1S/C17H16FN5O2/c18-12-7-5-11(6-8-12)9-23-10-19-17(21-23)20-16(24)15-13-3-1-2-4-14(13)25-22-15/h5-8,10H,1-4,9H2,(H,20,21,24). The molecular weight excluding hydrogens is 325 g/mol. The van der Waals surface area contributed by atoms with Gasteiger partial charge in [-0.3, -0.25) is 10.1 Å². The van der Waals surface area contributed by atoms with E-state index in [0.717, 1.165) is 42.6 Å². The highest BCUT2D eigenvalue weighted by Gasteiger charge is 2.24. The summed E-state index contributed by atoms with van der Waals surface area (Å²) in [6.45, 7) is 0.433. The first kappa shape index (κ1) is 15.5. The fraction of sp³-hybridized carbons (Fsp3) is 0.294. The van der Waals surface area contributed by atoms with E-state index in [1.807, 2.05) is 0 Å². The lowest BCUT2D eigenvalue weighted by molar-refractivity contribution is 0.101. The van der Waals surface area contributed by atoms with Gasteiger partial charge in [-0.25, -0.2) is 14.1 Å². The van der Waals surface area contributed by atoms with Crippen molar-refractivity contribution in [3.05, 3.63) is 59.0 Å². The predicted molar refractivity (Wildman–Crippen MR) is 86.6 cm³/mol. The van der Waals surface area contributed by atoms with Crippen molar-refractivity contribution in [2.75, 3.05) is 5.32 Å². The van der Waals surface area contributed by atoms with E-state index >= 15 is 0 Å². The Morgan fingerprint density at radius 2 is 2.04 bits per heavy atom. The van der Waals surface area contributed by atoms with Crippen molar-refractivity contribution in [3.63, 3.8) is 0 Å². The van der Waals surface area contributed by atoms with Crippen molar-refractivity contribution in [2.24, 2.45) is 0 Å². The van der Waals surface area contributed by atoms with Crippen LogP contribution in [0.25, 0.3) is 0 Å². The lowest BCUT2D eigenvalue weighted by atomic mass is 9.96. The Kier molecular flexibility index (Phi) is 4.01. The van der Waals surface area contributed by atoms with Crippen LogP contribution in [0.1, 0.15) is 40.2 Å². The quantitative estimate of drug-likeness (QED) is 0.788. The largest absolute Gasteiger partial charge is 0.360 e. The topological polar surface area (TPSA) is 85.8 Å². The van der Waals surface area contributed by atoms with Gasteiger partial charge in [0, 0.05) is 12.0 Å². The minimum atomic E-state index is -0.369. The molecule has 7 nitrogen and oxygen atoms in total. The van der Waals surface area contributed by atoms with Crippen LogP contribution in [0.2, 0.25) is 0 Å². The summed E-state index contributed by atoms with van der Waals surface area (Å²) in [5.74, 6) is 0.337. The summed E-state index contributed by atoms with van der Waals surface area (Å²) >= 11 is 0. The monoisotopic (exact) mass is 341 g/mol. The molecule has 2 aromatic heterocycles. The maximum absolute atomic E-state index is 12.9. The lowest BCUT2D eigenvalue weighted by Gasteiger charge is -2.08. The number of anilines is 1. The lowest BCUT2D eigenvalue weighted by Crippen LogP contribution is -2.16. The SMILES string of the molecule is O=C(Nc1ncn(Cc2ccc(F)cc2)n1)c1noc2c1CCCC2. The van der Waals surface area contributed by atoms with Gasteiger partial charge in [0.1, 0.15) is 17.9 Å². The van der Waals surface area contributed by atoms with Gasteiger partial charge in [-0.15, -0.1) is 5.10 Å². The molecular formula is C17H16FN5O2. The Morgan fingerprint density at radius 3 is 2.88 bits per heavy atom. The first-order valence-electron chi connectivity index (χ1n) is 8.12. The van der Waals surface area contributed by atoms with Crippen molar-refractivity contribution < 1.29 is 13.7 Å². The number of nitrogens with one attached hydrogen (secondary N) is 1. The van der Waals surface area contributed by atoms with Gasteiger partial charge in [-0.05, 0) is 37.0 Å². The second kappa shape index (κ2) is 6.46. The summed E-state index contributed by atoms with van der Waals surface area (Å²) in [6, 6.07) is 6.14. The van der Waals surface area contributed by atoms with Crippen molar-refractivity contribution in [2.45, 2.75) is 32.2 Å². The van der Waals surface area contributed by atoms with Gasteiger partial charge in [0.2, 0.25) is 5.95 Å². The molecule has 0 saturated carbocycles. The summed E-state index contributed by atoms with van der Waals surface area (Å²) in [6.07, 6.45) is 5.21. The highest BCUT2D eigenvalue weighted by Crippen LogP contribution is 2.24. The first-order chi connectivity index (χ1) is 12.2. The summed E-state index contributed by atoms with van der Waals surface area (Å²) in [5.41, 5.74) is 2.08. The molecule has 1 N–H and O–H groups in total. The zero-order chi connectivity index (χ0) is 17.2. The second-order valence-corrected chi connectivity index (χ2v) is 5.99. The molecule has 0 saturated heterocycles. The fourth-order valence-electron chi connectivity index (χ4n) is 2.93. The van der Waals surface area contributed by atoms with E-state index in [4.69, 9.17) is 4.52 Å². The van der Waals surface area contributed by atoms with E-state index < -0.39 is 0 Å². The number of amides is 1. The molecule has 4 rings (SSSR count). The Bertz CT molecular complexity index is 900. The van der Waals surface area contributed by atoms with E-state index in [-0.39, 0.29) is 17.7 Å². The molecule has 2 heterocycles. The van der Waals surface area contributed by atoms with E-state index in [0.29, 0.717) is 12.2 Å². The number of fused-ring (bicyclic) bond motifs is 1. The van der Waals surface area contributed by atoms with Gasteiger partial charge >= 0.3 is 0 Å². The molecule has 1 aromatic carbocycles. The van der Waals surface area contributed by atoms with Crippen LogP contribution in [0.5, 0.6) is 0 Å². The molecule has 0 radical (unpaired) electrons. The minimum absolute atomic E-state index is 0.194. The van der Waals surface area contributed by atoms with Crippen LogP contribution in [0, 0.1) is 5.82 Å². The van der Waals surface area contributed by atoms with Crippen LogP contribution in [-0.2, 0) is 19.4 Å². The molecule has 0 aliphatic heterocycles. The van der Waals surface area contributed by atoms with Crippen molar-refractivity contribution in [1.29, 1.82) is 0 Å². The number of rotatable bonds is 4. The number of aromatic nitrogens is 4. The van der Waals surface area contributed by atoms with Crippen LogP contribution < -0.4 is 5.32 Å². The van der Waals surface area contributed by atoms with Crippen LogP contribution in [-0.4, -0.2) is 25.8 Å². The molecule has 3 aromatic rings. The number of hydrogen-bond acceptors (Lipinski definition) is 5. The molecule has 8 heteroatoms. The van der Waals surface area contributed by atoms with Crippen LogP contribution in [0.3, 0.4) is 0 Å². The molecule has 25 heavy (non-hydrogen) atoms. The number of hydrogen-bond donors (Lipinski definition) is 1. The molecule has 1 aliphatic rings. The molecule has 0 atom stereocenters. The zero-order valence-corrected chi connectivity index (χ0v) is 13.4. The zero-order valence-electron chi connectivity index (χ0n) is 13.4. The number of carbonyl (C=O) groups excluding carboxylic acids is 1. The maximum Gasteiger partial charge on any atom is 0.280 e. The summed E-state index contributed by atoms with van der Waals surface area (Å²) in [7, 11) is 0. The summed E-state index contributed by atoms with van der Waals surface area (Å²) in [4.78, 5) is 16.5. The number of nitrogens with zero attached hydrogens (tertiary/aromatic N) is 4. The molecule has 0 spiro atoms. The summed E-state index contributed by atoms with van der Waals surface area (Å²) in [5, 5.41) is 10.7. The van der Waals surface area contributed by atoms with E-state index in [9.17, 15) is 9.18 Å². The normalized spacial score (nSPS) is 13.5. The van der Waals surface area contributed by atoms with Crippen LogP contribution in [0.15, 0.2) is 35.1 Å². The Morgan fingerprint density at radius 1 is 1.24 bits per heavy atom. The van der Waals surface area contributed by atoms with Gasteiger partial charge in [-0.1, -0.05) is 17.3 Å². The van der Waals surface area contributed by atoms with E-state index in [2.05, 4.69) is 20.6 Å². The van der Waals surface area contributed by atoms with Crippen LogP contribution in [0.4, 0.5) is 10.3 Å². The number of halogens is 1. The van der Waals surface area contributed by atoms with Crippen molar-refractivity contribution in [1.82, 2.24) is 19.9 Å². The highest BCUT2D eigenvalue weighted by molar-refractivity contribution is 6.02. The highest BCUT2D eigenvalue weighted by atomic mass is 19.1. The van der Waals surface area contributed by atoms with Crippen molar-refractivity contribution in [3.8, 4) is 0 Å². The van der Waals surface area contributed by atoms with E-state index in [1.54, 1.807) is 16.8 Å². The second-order valence-electron chi connectivity index (χ2n) is 5.99. The molecule has 1 aliphatic carbocycles. The first-order valence-corrected chi connectivity index (χ1v) is 8.12. The number of carbonyl (C=O) groups is 1. The van der Waals surface area contributed by atoms with Gasteiger partial charge in [0.15, 0.2) is 5.69 Å². The Hall–Kier alpha value is -3.03. The molecule has 0 bridgehead atoms. The molecule has 128 valence electrons. The average Bonchev–Trinajstić information content (AvgIpc) is 3.23. The average molecular weight is 341 g/mol. The third-order valence-electron chi connectivity index (χ3n) is 4.18. The van der Waals surface area contributed by atoms with Crippen molar-refractivity contribution >= 4 is 11.9 Å². The molecule has 1 amide bonds. The van der Waals surface area contributed by atoms with Crippen LogP contribution >= 0.6 is 0 Å². The van der Waals surface area contributed by atoms with Gasteiger partial charge in [0.05, 0.1) is 6.54 Å². The maximum atomic E-state index is 12.9.